The van der Waals surface area contributed by atoms with Crippen LogP contribution in [0.2, 0.25) is 0 Å². The molecule has 0 bridgehead atoms. The number of esters is 4. The summed E-state index contributed by atoms with van der Waals surface area (Å²) >= 11 is 0. The minimum absolute atomic E-state index is 0.0421. The highest BCUT2D eigenvalue weighted by Gasteiger charge is 2.45. The molecule has 25 heavy (non-hydrogen) atoms. The van der Waals surface area contributed by atoms with Gasteiger partial charge in [0.25, 0.3) is 0 Å². The molecule has 2 saturated heterocycles. The van der Waals surface area contributed by atoms with Gasteiger partial charge in [-0.05, 0) is 24.0 Å². The summed E-state index contributed by atoms with van der Waals surface area (Å²) in [6.07, 6.45) is 2.68. The number of rotatable bonds is 6. The number of carbonyl (C=O) groups excluding carboxylic acids is 4. The molecule has 0 aliphatic carbocycles. The van der Waals surface area contributed by atoms with Crippen LogP contribution in [0.15, 0.2) is 24.3 Å². The van der Waals surface area contributed by atoms with Gasteiger partial charge in [0.2, 0.25) is 0 Å². The third kappa shape index (κ3) is 3.48. The zero-order valence-corrected chi connectivity index (χ0v) is 14.0. The fourth-order valence-electron chi connectivity index (χ4n) is 3.56. The number of cyclic esters (lactones) is 4. The Morgan fingerprint density at radius 1 is 1.00 bits per heavy atom. The van der Waals surface area contributed by atoms with Crippen molar-refractivity contribution in [1.82, 2.24) is 0 Å². The summed E-state index contributed by atoms with van der Waals surface area (Å²) < 4.78 is 9.48. The van der Waals surface area contributed by atoms with E-state index in [4.69, 9.17) is 4.74 Å². The van der Waals surface area contributed by atoms with Gasteiger partial charge >= 0.3 is 23.9 Å². The maximum absolute atomic E-state index is 12.3. The molecule has 2 heterocycles. The van der Waals surface area contributed by atoms with Gasteiger partial charge in [-0.25, -0.2) is 0 Å². The summed E-state index contributed by atoms with van der Waals surface area (Å²) in [6, 6.07) is 7.22. The first kappa shape index (κ1) is 17.3. The first-order valence-corrected chi connectivity index (χ1v) is 8.59. The molecular weight excluding hydrogens is 324 g/mol. The predicted molar refractivity (Wildman–Crippen MR) is 86.2 cm³/mol. The molecule has 0 saturated carbocycles. The Labute approximate surface area is 145 Å². The molecule has 2 fully saturated rings. The molecular formula is C19H20O6. The van der Waals surface area contributed by atoms with Crippen LogP contribution in [-0.2, 0) is 35.1 Å². The van der Waals surface area contributed by atoms with Crippen molar-refractivity contribution in [2.45, 2.75) is 44.9 Å². The molecule has 3 atom stereocenters. The molecule has 0 N–H and O–H groups in total. The van der Waals surface area contributed by atoms with Gasteiger partial charge in [0.15, 0.2) is 0 Å². The minimum Gasteiger partial charge on any atom is -0.393 e. The second kappa shape index (κ2) is 7.17. The number of unbranched alkanes of at least 4 members (excludes halogenated alkanes) is 1. The third-order valence-electron chi connectivity index (χ3n) is 4.85. The zero-order chi connectivity index (χ0) is 18.0. The fraction of sp³-hybridized carbons (Fsp3) is 0.474. The highest BCUT2D eigenvalue weighted by molar-refractivity contribution is 6.00. The standard InChI is InChI=1S/C19H20O6/c1-2-3-7-14-16(19(23)25-18(14)22)13-8-5-4-6-11(13)9-12-10-15(20)24-17(12)21/h4-6,8,12,14,16H,2-3,7,9-10H2,1H3. The summed E-state index contributed by atoms with van der Waals surface area (Å²) in [7, 11) is 0. The summed E-state index contributed by atoms with van der Waals surface area (Å²) in [5.74, 6) is -3.77. The molecule has 6 heteroatoms. The van der Waals surface area contributed by atoms with Gasteiger partial charge in [0, 0.05) is 0 Å². The normalized spacial score (nSPS) is 26.0. The molecule has 2 aliphatic heterocycles. The Morgan fingerprint density at radius 3 is 2.44 bits per heavy atom. The molecule has 3 rings (SSSR count). The van der Waals surface area contributed by atoms with E-state index >= 15 is 0 Å². The fourth-order valence-corrected chi connectivity index (χ4v) is 3.56. The highest BCUT2D eigenvalue weighted by Crippen LogP contribution is 2.38. The van der Waals surface area contributed by atoms with Crippen molar-refractivity contribution >= 4 is 23.9 Å². The number of benzene rings is 1. The lowest BCUT2D eigenvalue weighted by molar-refractivity contribution is -0.155. The van der Waals surface area contributed by atoms with E-state index in [-0.39, 0.29) is 6.42 Å². The predicted octanol–water partition coefficient (Wildman–Crippen LogP) is 2.29. The SMILES string of the molecule is CCCCC1C(=O)OC(=O)C1c1ccccc1CC1CC(=O)OC1=O. The van der Waals surface area contributed by atoms with E-state index < -0.39 is 41.6 Å². The van der Waals surface area contributed by atoms with Crippen molar-refractivity contribution < 1.29 is 28.7 Å². The van der Waals surface area contributed by atoms with E-state index in [1.807, 2.05) is 19.1 Å². The Kier molecular flexibility index (Phi) is 4.97. The van der Waals surface area contributed by atoms with E-state index in [1.54, 1.807) is 12.1 Å². The van der Waals surface area contributed by atoms with Gasteiger partial charge in [0.05, 0.1) is 24.2 Å². The third-order valence-corrected chi connectivity index (χ3v) is 4.85. The van der Waals surface area contributed by atoms with Gasteiger partial charge in [-0.3, -0.25) is 19.2 Å². The second-order valence-electron chi connectivity index (χ2n) is 6.56. The molecule has 6 nitrogen and oxygen atoms in total. The second-order valence-corrected chi connectivity index (χ2v) is 6.56. The number of carbonyl (C=O) groups is 4. The lowest BCUT2D eigenvalue weighted by Gasteiger charge is -2.18. The largest absolute Gasteiger partial charge is 0.393 e. The highest BCUT2D eigenvalue weighted by atomic mass is 16.6. The van der Waals surface area contributed by atoms with E-state index in [9.17, 15) is 19.2 Å². The van der Waals surface area contributed by atoms with Crippen LogP contribution >= 0.6 is 0 Å². The Balaban J connectivity index is 1.88. The zero-order valence-electron chi connectivity index (χ0n) is 14.0. The first-order chi connectivity index (χ1) is 12.0. The maximum Gasteiger partial charge on any atom is 0.321 e. The van der Waals surface area contributed by atoms with Gasteiger partial charge in [-0.1, -0.05) is 44.0 Å². The van der Waals surface area contributed by atoms with E-state index in [0.29, 0.717) is 18.4 Å². The number of hydrogen-bond donors (Lipinski definition) is 0. The Hall–Kier alpha value is -2.50. The maximum atomic E-state index is 12.3. The van der Waals surface area contributed by atoms with Crippen LogP contribution in [0.4, 0.5) is 0 Å². The lowest BCUT2D eigenvalue weighted by atomic mass is 9.81. The monoisotopic (exact) mass is 344 g/mol. The summed E-state index contributed by atoms with van der Waals surface area (Å²) in [5.41, 5.74) is 1.48. The van der Waals surface area contributed by atoms with Gasteiger partial charge in [-0.15, -0.1) is 0 Å². The average Bonchev–Trinajstić information content (AvgIpc) is 3.03. The van der Waals surface area contributed by atoms with Crippen LogP contribution < -0.4 is 0 Å². The van der Waals surface area contributed by atoms with Crippen LogP contribution in [0.5, 0.6) is 0 Å². The van der Waals surface area contributed by atoms with Crippen LogP contribution in [-0.4, -0.2) is 23.9 Å². The van der Waals surface area contributed by atoms with Crippen molar-refractivity contribution in [2.24, 2.45) is 11.8 Å². The molecule has 132 valence electrons. The topological polar surface area (TPSA) is 86.7 Å². The Morgan fingerprint density at radius 2 is 1.76 bits per heavy atom. The van der Waals surface area contributed by atoms with E-state index in [0.717, 1.165) is 18.4 Å². The number of hydrogen-bond acceptors (Lipinski definition) is 6. The van der Waals surface area contributed by atoms with Crippen LogP contribution in [0, 0.1) is 11.8 Å². The van der Waals surface area contributed by atoms with Crippen molar-refractivity contribution in [3.63, 3.8) is 0 Å². The smallest absolute Gasteiger partial charge is 0.321 e. The quantitative estimate of drug-likeness (QED) is 0.581. The molecule has 0 aromatic heterocycles. The van der Waals surface area contributed by atoms with Gasteiger partial charge in [-0.2, -0.15) is 0 Å². The van der Waals surface area contributed by atoms with Crippen LogP contribution in [0.3, 0.4) is 0 Å². The molecule has 0 radical (unpaired) electrons. The molecule has 1 aromatic carbocycles. The summed E-state index contributed by atoms with van der Waals surface area (Å²) in [4.78, 5) is 47.4. The van der Waals surface area contributed by atoms with E-state index in [2.05, 4.69) is 4.74 Å². The summed E-state index contributed by atoms with van der Waals surface area (Å²) in [6.45, 7) is 2.02. The van der Waals surface area contributed by atoms with Crippen molar-refractivity contribution in [2.75, 3.05) is 0 Å². The Bertz CT molecular complexity index is 722. The van der Waals surface area contributed by atoms with Crippen molar-refractivity contribution in [3.8, 4) is 0 Å². The lowest BCUT2D eigenvalue weighted by Crippen LogP contribution is -2.19. The minimum atomic E-state index is -0.650. The van der Waals surface area contributed by atoms with E-state index in [1.165, 1.54) is 0 Å². The molecule has 3 unspecified atom stereocenters. The first-order valence-electron chi connectivity index (χ1n) is 8.59. The molecule has 1 aromatic rings. The molecule has 0 spiro atoms. The van der Waals surface area contributed by atoms with Crippen LogP contribution in [0.1, 0.15) is 49.7 Å². The average molecular weight is 344 g/mol. The van der Waals surface area contributed by atoms with Crippen molar-refractivity contribution in [3.05, 3.63) is 35.4 Å². The van der Waals surface area contributed by atoms with Gasteiger partial charge in [0.1, 0.15) is 0 Å². The number of ether oxygens (including phenoxy) is 2. The molecule has 2 aliphatic rings. The summed E-state index contributed by atoms with van der Waals surface area (Å²) in [5, 5.41) is 0. The van der Waals surface area contributed by atoms with Crippen LogP contribution in [0.25, 0.3) is 0 Å². The molecule has 0 amide bonds. The van der Waals surface area contributed by atoms with Crippen molar-refractivity contribution in [1.29, 1.82) is 0 Å². The van der Waals surface area contributed by atoms with Gasteiger partial charge < -0.3 is 9.47 Å².